The molecule has 5 heteroatoms. The Kier molecular flexibility index (Phi) is 2.94. The van der Waals surface area contributed by atoms with Crippen LogP contribution in [0.15, 0.2) is 18.7 Å². The Morgan fingerprint density at radius 2 is 2.19 bits per heavy atom. The number of aryl methyl sites for hydroxylation is 2. The first-order valence-corrected chi connectivity index (χ1v) is 5.59. The van der Waals surface area contributed by atoms with Crippen LogP contribution in [0.3, 0.4) is 0 Å². The van der Waals surface area contributed by atoms with Crippen LogP contribution in [-0.4, -0.2) is 19.3 Å². The number of imidazole rings is 1. The number of nitrogens with two attached hydrogens (primary N) is 1. The molecular weight excluding hydrogens is 202 g/mol. The van der Waals surface area contributed by atoms with Crippen molar-refractivity contribution in [1.29, 1.82) is 0 Å². The number of rotatable bonds is 4. The maximum atomic E-state index is 6.04. The lowest BCUT2D eigenvalue weighted by Gasteiger charge is -2.02. The van der Waals surface area contributed by atoms with Crippen molar-refractivity contribution in [2.45, 2.75) is 33.4 Å². The van der Waals surface area contributed by atoms with Gasteiger partial charge in [0, 0.05) is 24.8 Å². The zero-order valence-corrected chi connectivity index (χ0v) is 9.72. The van der Waals surface area contributed by atoms with E-state index in [1.54, 1.807) is 12.5 Å². The largest absolute Gasteiger partial charge is 0.383 e. The molecule has 2 aromatic rings. The van der Waals surface area contributed by atoms with E-state index in [1.165, 1.54) is 0 Å². The Morgan fingerprint density at radius 1 is 1.38 bits per heavy atom. The number of anilines is 1. The first-order chi connectivity index (χ1) is 7.76. The van der Waals surface area contributed by atoms with Crippen molar-refractivity contribution in [2.75, 3.05) is 5.73 Å². The minimum Gasteiger partial charge on any atom is -0.383 e. The fourth-order valence-electron chi connectivity index (χ4n) is 1.69. The Hall–Kier alpha value is -1.78. The molecule has 0 aliphatic heterocycles. The van der Waals surface area contributed by atoms with E-state index in [-0.39, 0.29) is 0 Å². The van der Waals surface area contributed by atoms with Gasteiger partial charge in [0.1, 0.15) is 11.5 Å². The summed E-state index contributed by atoms with van der Waals surface area (Å²) in [6.45, 7) is 5.93. The van der Waals surface area contributed by atoms with Gasteiger partial charge in [0.15, 0.2) is 0 Å². The van der Waals surface area contributed by atoms with E-state index < -0.39 is 0 Å². The summed E-state index contributed by atoms with van der Waals surface area (Å²) in [5.74, 6) is 0.720. The van der Waals surface area contributed by atoms with Crippen LogP contribution >= 0.6 is 0 Å². The smallest absolute Gasteiger partial charge is 0.131 e. The summed E-state index contributed by atoms with van der Waals surface area (Å²) in [5.41, 5.74) is 7.84. The summed E-state index contributed by atoms with van der Waals surface area (Å²) < 4.78 is 3.84. The predicted octanol–water partition coefficient (Wildman–Crippen LogP) is 1.76. The van der Waals surface area contributed by atoms with Crippen LogP contribution in [0.5, 0.6) is 0 Å². The quantitative estimate of drug-likeness (QED) is 0.852. The number of hydrogen-bond acceptors (Lipinski definition) is 3. The highest BCUT2D eigenvalue weighted by molar-refractivity contribution is 5.69. The van der Waals surface area contributed by atoms with Gasteiger partial charge in [0.25, 0.3) is 0 Å². The molecule has 5 nitrogen and oxygen atoms in total. The molecule has 0 unspecified atom stereocenters. The molecule has 2 heterocycles. The summed E-state index contributed by atoms with van der Waals surface area (Å²) >= 11 is 0. The fourth-order valence-corrected chi connectivity index (χ4v) is 1.69. The van der Waals surface area contributed by atoms with Crippen LogP contribution in [0.25, 0.3) is 11.3 Å². The normalized spacial score (nSPS) is 10.9. The maximum Gasteiger partial charge on any atom is 0.131 e. The Bertz CT molecular complexity index is 468. The first-order valence-electron chi connectivity index (χ1n) is 5.59. The van der Waals surface area contributed by atoms with Crippen LogP contribution in [-0.2, 0) is 13.1 Å². The zero-order valence-electron chi connectivity index (χ0n) is 9.72. The molecule has 0 fully saturated rings. The second kappa shape index (κ2) is 4.38. The summed E-state index contributed by atoms with van der Waals surface area (Å²) in [4.78, 5) is 4.34. The maximum absolute atomic E-state index is 6.04. The van der Waals surface area contributed by atoms with Gasteiger partial charge in [0.2, 0.25) is 0 Å². The molecule has 0 atom stereocenters. The van der Waals surface area contributed by atoms with Gasteiger partial charge in [0.05, 0.1) is 12.5 Å². The van der Waals surface area contributed by atoms with Crippen LogP contribution in [0.4, 0.5) is 5.82 Å². The van der Waals surface area contributed by atoms with Gasteiger partial charge in [-0.1, -0.05) is 6.92 Å². The Labute approximate surface area is 94.9 Å². The van der Waals surface area contributed by atoms with Crippen molar-refractivity contribution in [3.05, 3.63) is 18.7 Å². The van der Waals surface area contributed by atoms with Gasteiger partial charge in [-0.2, -0.15) is 5.10 Å². The summed E-state index contributed by atoms with van der Waals surface area (Å²) in [6.07, 6.45) is 6.61. The second-order valence-electron chi connectivity index (χ2n) is 3.76. The molecule has 0 saturated carbocycles. The van der Waals surface area contributed by atoms with Crippen molar-refractivity contribution in [1.82, 2.24) is 19.3 Å². The molecule has 0 radical (unpaired) electrons. The minimum absolute atomic E-state index is 0.720. The van der Waals surface area contributed by atoms with Gasteiger partial charge >= 0.3 is 0 Å². The third-order valence-corrected chi connectivity index (χ3v) is 2.57. The average molecular weight is 219 g/mol. The van der Waals surface area contributed by atoms with Crippen molar-refractivity contribution >= 4 is 5.82 Å². The topological polar surface area (TPSA) is 61.7 Å². The Morgan fingerprint density at radius 3 is 2.81 bits per heavy atom. The molecular formula is C11H17N5. The van der Waals surface area contributed by atoms with E-state index >= 15 is 0 Å². The second-order valence-corrected chi connectivity index (χ2v) is 3.76. The summed E-state index contributed by atoms with van der Waals surface area (Å²) in [5, 5.41) is 4.22. The summed E-state index contributed by atoms with van der Waals surface area (Å²) in [7, 11) is 0. The van der Waals surface area contributed by atoms with Crippen LogP contribution in [0.1, 0.15) is 20.3 Å². The number of hydrogen-bond donors (Lipinski definition) is 1. The van der Waals surface area contributed by atoms with E-state index in [4.69, 9.17) is 5.73 Å². The van der Waals surface area contributed by atoms with Gasteiger partial charge in [-0.05, 0) is 13.3 Å². The monoisotopic (exact) mass is 219 g/mol. The van der Waals surface area contributed by atoms with Crippen LogP contribution in [0, 0.1) is 0 Å². The zero-order chi connectivity index (χ0) is 11.5. The molecule has 0 amide bonds. The van der Waals surface area contributed by atoms with E-state index in [2.05, 4.69) is 23.9 Å². The van der Waals surface area contributed by atoms with E-state index in [1.807, 2.05) is 15.4 Å². The molecule has 0 spiro atoms. The molecule has 2 aromatic heterocycles. The number of nitrogen functional groups attached to an aromatic ring is 1. The van der Waals surface area contributed by atoms with Gasteiger partial charge in [-0.25, -0.2) is 4.98 Å². The molecule has 2 N–H and O–H groups in total. The molecule has 0 aliphatic carbocycles. The highest BCUT2D eigenvalue weighted by atomic mass is 15.3. The lowest BCUT2D eigenvalue weighted by atomic mass is 10.2. The molecule has 2 rings (SSSR count). The third kappa shape index (κ3) is 1.80. The fraction of sp³-hybridized carbons (Fsp3) is 0.455. The average Bonchev–Trinajstić information content (AvgIpc) is 2.87. The van der Waals surface area contributed by atoms with Crippen molar-refractivity contribution < 1.29 is 0 Å². The standard InChI is InChI=1S/C11H17N5/c1-3-5-15-8-13-10(11(15)12)9-6-14-16(4-2)7-9/h6-8H,3-5,12H2,1-2H3. The number of nitrogens with zero attached hydrogens (tertiary/aromatic N) is 4. The van der Waals surface area contributed by atoms with E-state index in [0.29, 0.717) is 0 Å². The molecule has 16 heavy (non-hydrogen) atoms. The summed E-state index contributed by atoms with van der Waals surface area (Å²) in [6, 6.07) is 0. The number of aromatic nitrogens is 4. The van der Waals surface area contributed by atoms with Crippen LogP contribution in [0.2, 0.25) is 0 Å². The van der Waals surface area contributed by atoms with E-state index in [9.17, 15) is 0 Å². The predicted molar refractivity (Wildman–Crippen MR) is 63.8 cm³/mol. The molecule has 0 aliphatic rings. The van der Waals surface area contributed by atoms with Crippen LogP contribution < -0.4 is 5.73 Å². The highest BCUT2D eigenvalue weighted by Gasteiger charge is 2.10. The van der Waals surface area contributed by atoms with E-state index in [0.717, 1.165) is 36.6 Å². The van der Waals surface area contributed by atoms with Gasteiger partial charge < -0.3 is 10.3 Å². The molecule has 86 valence electrons. The first kappa shape index (κ1) is 10.7. The molecule has 0 saturated heterocycles. The van der Waals surface area contributed by atoms with Crippen molar-refractivity contribution in [3.63, 3.8) is 0 Å². The highest BCUT2D eigenvalue weighted by Crippen LogP contribution is 2.23. The van der Waals surface area contributed by atoms with Crippen molar-refractivity contribution in [3.8, 4) is 11.3 Å². The Balaban J connectivity index is 2.33. The third-order valence-electron chi connectivity index (χ3n) is 2.57. The lowest BCUT2D eigenvalue weighted by molar-refractivity contribution is 0.660. The minimum atomic E-state index is 0.720. The molecule has 0 aromatic carbocycles. The van der Waals surface area contributed by atoms with Gasteiger partial charge in [-0.3, -0.25) is 4.68 Å². The van der Waals surface area contributed by atoms with Gasteiger partial charge in [-0.15, -0.1) is 0 Å². The lowest BCUT2D eigenvalue weighted by Crippen LogP contribution is -2.01. The SMILES string of the molecule is CCCn1cnc(-c2cnn(CC)c2)c1N. The molecule has 0 bridgehead atoms. The van der Waals surface area contributed by atoms with Crippen molar-refractivity contribution in [2.24, 2.45) is 0 Å².